The number of carbonyl (C=O) groups is 3. The van der Waals surface area contributed by atoms with Crippen molar-refractivity contribution in [3.8, 4) is 0 Å². The Kier molecular flexibility index (Phi) is 7.76. The summed E-state index contributed by atoms with van der Waals surface area (Å²) < 4.78 is 9.19. The van der Waals surface area contributed by atoms with E-state index in [9.17, 15) is 19.5 Å². The first-order chi connectivity index (χ1) is 12.4. The van der Waals surface area contributed by atoms with Crippen molar-refractivity contribution in [2.24, 2.45) is 11.1 Å². The third kappa shape index (κ3) is 7.25. The van der Waals surface area contributed by atoms with Crippen LogP contribution in [0.4, 0.5) is 9.93 Å². The Morgan fingerprint density at radius 2 is 1.96 bits per heavy atom. The summed E-state index contributed by atoms with van der Waals surface area (Å²) in [5.41, 5.74) is -1.32. The van der Waals surface area contributed by atoms with Gasteiger partial charge in [-0.25, -0.2) is 19.4 Å². The monoisotopic (exact) mass is 397 g/mol. The number of oxime groups is 1. The smallest absolute Gasteiger partial charge is 0.413 e. The number of carbonyl (C=O) groups excluding carboxylic acids is 2. The molecule has 0 saturated carbocycles. The number of ether oxygens (including phenoxy) is 1. The number of carboxylic acid groups (broad SMARTS) is 1. The Labute approximate surface area is 161 Å². The summed E-state index contributed by atoms with van der Waals surface area (Å²) in [5, 5.41) is 16.7. The summed E-state index contributed by atoms with van der Waals surface area (Å²) in [4.78, 5) is 43.7. The van der Waals surface area contributed by atoms with E-state index in [1.807, 2.05) is 0 Å². The van der Waals surface area contributed by atoms with Crippen molar-refractivity contribution in [3.05, 3.63) is 11.1 Å². The number of aliphatic carboxylic acids is 1. The fourth-order valence-corrected chi connectivity index (χ4v) is 2.32. The van der Waals surface area contributed by atoms with Crippen LogP contribution in [0.25, 0.3) is 0 Å². The zero-order chi connectivity index (χ0) is 20.8. The standard InChI is InChI=1S/C15H20BN3O7S/c1-7(2)10(12(22)25-16)26-19-9(11(20)21)8-6-27-13(17-8)18-14(23)24-15(3,4)5/h6-7,10H,1-5H3,(H,20,21)(H,17,18,23)/b19-9-/t10-/m0/s1. The minimum Gasteiger partial charge on any atom is -0.541 e. The summed E-state index contributed by atoms with van der Waals surface area (Å²) in [6.45, 7) is 8.38. The second-order valence-electron chi connectivity index (χ2n) is 6.62. The lowest BCUT2D eigenvalue weighted by atomic mass is 10.1. The van der Waals surface area contributed by atoms with Crippen molar-refractivity contribution in [1.82, 2.24) is 4.98 Å². The van der Waals surface area contributed by atoms with Crippen molar-refractivity contribution in [3.63, 3.8) is 0 Å². The van der Waals surface area contributed by atoms with Gasteiger partial charge in [0.15, 0.2) is 5.13 Å². The molecule has 146 valence electrons. The molecule has 2 N–H and O–H groups in total. The quantitative estimate of drug-likeness (QED) is 0.405. The fraction of sp³-hybridized carbons (Fsp3) is 0.533. The van der Waals surface area contributed by atoms with Gasteiger partial charge in [-0.05, 0) is 20.8 Å². The SMILES string of the molecule is [B]OC(=O)[C@@H](O/N=C(\C(=O)O)c1csc(NC(=O)OC(C)(C)C)n1)C(C)C. The molecule has 0 aliphatic rings. The lowest BCUT2D eigenvalue weighted by molar-refractivity contribution is -0.150. The van der Waals surface area contributed by atoms with Crippen molar-refractivity contribution in [2.75, 3.05) is 5.32 Å². The third-order valence-electron chi connectivity index (χ3n) is 2.77. The van der Waals surface area contributed by atoms with Gasteiger partial charge in [0.1, 0.15) is 11.3 Å². The van der Waals surface area contributed by atoms with Crippen LogP contribution in [0.1, 0.15) is 40.3 Å². The highest BCUT2D eigenvalue weighted by molar-refractivity contribution is 7.14. The van der Waals surface area contributed by atoms with Crippen molar-refractivity contribution in [2.45, 2.75) is 46.3 Å². The Bertz CT molecular complexity index is 727. The molecule has 12 heteroatoms. The first kappa shape index (κ1) is 22.4. The summed E-state index contributed by atoms with van der Waals surface area (Å²) >= 11 is 0.967. The van der Waals surface area contributed by atoms with E-state index in [4.69, 9.17) is 17.6 Å². The molecule has 0 aliphatic heterocycles. The van der Waals surface area contributed by atoms with E-state index in [2.05, 4.69) is 20.1 Å². The van der Waals surface area contributed by atoms with Gasteiger partial charge in [-0.1, -0.05) is 19.0 Å². The molecule has 0 saturated heterocycles. The van der Waals surface area contributed by atoms with E-state index < -0.39 is 35.4 Å². The highest BCUT2D eigenvalue weighted by Crippen LogP contribution is 2.18. The molecular formula is C15H20BN3O7S. The van der Waals surface area contributed by atoms with Gasteiger partial charge in [0, 0.05) is 11.3 Å². The van der Waals surface area contributed by atoms with Gasteiger partial charge in [-0.3, -0.25) is 5.32 Å². The van der Waals surface area contributed by atoms with E-state index in [1.54, 1.807) is 34.6 Å². The van der Waals surface area contributed by atoms with E-state index in [-0.39, 0.29) is 16.7 Å². The van der Waals surface area contributed by atoms with Gasteiger partial charge >= 0.3 is 26.1 Å². The maximum atomic E-state index is 11.7. The van der Waals surface area contributed by atoms with Crippen molar-refractivity contribution in [1.29, 1.82) is 0 Å². The lowest BCUT2D eigenvalue weighted by Crippen LogP contribution is -2.30. The van der Waals surface area contributed by atoms with Crippen molar-refractivity contribution >= 4 is 48.3 Å². The lowest BCUT2D eigenvalue weighted by Gasteiger charge is -2.18. The average Bonchev–Trinajstić information content (AvgIpc) is 2.95. The molecular weight excluding hydrogens is 377 g/mol. The first-order valence-electron chi connectivity index (χ1n) is 7.78. The van der Waals surface area contributed by atoms with E-state index in [1.165, 1.54) is 5.38 Å². The van der Waals surface area contributed by atoms with E-state index in [0.29, 0.717) is 0 Å². The molecule has 27 heavy (non-hydrogen) atoms. The summed E-state index contributed by atoms with van der Waals surface area (Å²) in [7, 11) is 4.82. The summed E-state index contributed by atoms with van der Waals surface area (Å²) in [6.07, 6.45) is -1.93. The number of nitrogens with one attached hydrogen (secondary N) is 1. The Balaban J connectivity index is 2.96. The van der Waals surface area contributed by atoms with Crippen LogP contribution in [0.3, 0.4) is 0 Å². The minimum atomic E-state index is -1.44. The predicted octanol–water partition coefficient (Wildman–Crippen LogP) is 1.95. The maximum absolute atomic E-state index is 11.7. The molecule has 0 fully saturated rings. The highest BCUT2D eigenvalue weighted by Gasteiger charge is 2.27. The fourth-order valence-electron chi connectivity index (χ4n) is 1.64. The number of hydrogen-bond donors (Lipinski definition) is 2. The maximum Gasteiger partial charge on any atom is 0.413 e. The number of thiazole rings is 1. The summed E-state index contributed by atoms with van der Waals surface area (Å²) in [6, 6.07) is 0. The molecule has 10 nitrogen and oxygen atoms in total. The van der Waals surface area contributed by atoms with Crippen LogP contribution in [0, 0.1) is 5.92 Å². The molecule has 0 bridgehead atoms. The second-order valence-corrected chi connectivity index (χ2v) is 7.47. The summed E-state index contributed by atoms with van der Waals surface area (Å²) in [5.74, 6) is -2.71. The molecule has 1 rings (SSSR count). The Morgan fingerprint density at radius 1 is 1.33 bits per heavy atom. The zero-order valence-corrected chi connectivity index (χ0v) is 16.3. The molecule has 0 unspecified atom stereocenters. The zero-order valence-electron chi connectivity index (χ0n) is 15.5. The molecule has 0 aromatic carbocycles. The van der Waals surface area contributed by atoms with Crippen LogP contribution < -0.4 is 5.32 Å². The van der Waals surface area contributed by atoms with Gasteiger partial charge in [0.25, 0.3) is 0 Å². The molecule has 1 aromatic heterocycles. The number of nitrogens with zero attached hydrogens (tertiary/aromatic N) is 2. The van der Waals surface area contributed by atoms with Crippen LogP contribution in [0.15, 0.2) is 10.5 Å². The Morgan fingerprint density at radius 3 is 2.44 bits per heavy atom. The van der Waals surface area contributed by atoms with Crippen LogP contribution >= 0.6 is 11.3 Å². The number of rotatable bonds is 7. The van der Waals surface area contributed by atoms with Gasteiger partial charge in [-0.15, -0.1) is 11.3 Å². The topological polar surface area (TPSA) is 136 Å². The van der Waals surface area contributed by atoms with Gasteiger partial charge in [0.2, 0.25) is 11.8 Å². The number of anilines is 1. The van der Waals surface area contributed by atoms with Gasteiger partial charge in [-0.2, -0.15) is 0 Å². The molecule has 0 spiro atoms. The molecule has 0 aliphatic carbocycles. The molecule has 1 atom stereocenters. The van der Waals surface area contributed by atoms with Crippen LogP contribution in [0.2, 0.25) is 0 Å². The number of carboxylic acids is 1. The van der Waals surface area contributed by atoms with Gasteiger partial charge < -0.3 is 19.3 Å². The largest absolute Gasteiger partial charge is 0.541 e. The predicted molar refractivity (Wildman–Crippen MR) is 97.7 cm³/mol. The highest BCUT2D eigenvalue weighted by atomic mass is 32.1. The van der Waals surface area contributed by atoms with Crippen LogP contribution in [-0.4, -0.2) is 53.6 Å². The number of aromatic nitrogens is 1. The van der Waals surface area contributed by atoms with Crippen molar-refractivity contribution < 1.29 is 33.7 Å². The molecule has 1 heterocycles. The van der Waals surface area contributed by atoms with E-state index >= 15 is 0 Å². The van der Waals surface area contributed by atoms with E-state index in [0.717, 1.165) is 11.3 Å². The third-order valence-corrected chi connectivity index (χ3v) is 3.53. The minimum absolute atomic E-state index is 0.0674. The van der Waals surface area contributed by atoms with Gasteiger partial charge in [0.05, 0.1) is 0 Å². The normalized spacial score (nSPS) is 13.0. The first-order valence-corrected chi connectivity index (χ1v) is 8.66. The molecule has 2 radical (unpaired) electrons. The average molecular weight is 397 g/mol. The van der Waals surface area contributed by atoms with Crippen LogP contribution in [0.5, 0.6) is 0 Å². The molecule has 1 amide bonds. The van der Waals surface area contributed by atoms with Crippen LogP contribution in [-0.2, 0) is 23.8 Å². The Hall–Kier alpha value is -2.63. The second kappa shape index (κ2) is 9.35. The number of amides is 1. The number of hydrogen-bond acceptors (Lipinski definition) is 9. The molecule has 1 aromatic rings.